The molecule has 1 aromatic carbocycles. The Morgan fingerprint density at radius 1 is 1.24 bits per heavy atom. The Balaban J connectivity index is 1.70. The summed E-state index contributed by atoms with van der Waals surface area (Å²) < 4.78 is 2.08. The fourth-order valence-electron chi connectivity index (χ4n) is 3.54. The van der Waals surface area contributed by atoms with Gasteiger partial charge in [-0.3, -0.25) is 4.79 Å². The number of carbonyl (C=O) groups excluding carboxylic acids is 1. The number of fused-ring (bicyclic) bond motifs is 3. The van der Waals surface area contributed by atoms with Crippen molar-refractivity contribution < 1.29 is 4.79 Å². The molecule has 0 radical (unpaired) electrons. The number of hydrogen-bond donors (Lipinski definition) is 1. The smallest absolute Gasteiger partial charge is 0.223 e. The van der Waals surface area contributed by atoms with Gasteiger partial charge in [0.25, 0.3) is 0 Å². The monoisotopic (exact) mass is 350 g/mol. The van der Waals surface area contributed by atoms with E-state index < -0.39 is 0 Å². The highest BCUT2D eigenvalue weighted by Crippen LogP contribution is 2.48. The van der Waals surface area contributed by atoms with E-state index in [2.05, 4.69) is 27.1 Å². The standard InChI is InChI=1S/C19H18N4OS/c1-11(24)20-19-21-15-10-9-14-16(12-7-8-12)22-23(17(14)18(15)25-19)13-5-3-2-4-6-13/h2-6,12H,7-10H2,1H3,(H,20,21,24). The molecule has 1 fully saturated rings. The number of nitrogens with zero attached hydrogens (tertiary/aromatic N) is 3. The molecule has 1 saturated carbocycles. The lowest BCUT2D eigenvalue weighted by atomic mass is 9.96. The molecular formula is C19H18N4OS. The van der Waals surface area contributed by atoms with Crippen molar-refractivity contribution in [2.75, 3.05) is 5.32 Å². The van der Waals surface area contributed by atoms with Gasteiger partial charge in [0, 0.05) is 18.4 Å². The van der Waals surface area contributed by atoms with E-state index in [0.29, 0.717) is 11.0 Å². The van der Waals surface area contributed by atoms with Crippen molar-refractivity contribution in [3.63, 3.8) is 0 Å². The maximum absolute atomic E-state index is 11.4. The molecule has 2 heterocycles. The van der Waals surface area contributed by atoms with Crippen molar-refractivity contribution in [1.82, 2.24) is 14.8 Å². The average molecular weight is 350 g/mol. The topological polar surface area (TPSA) is 59.8 Å². The van der Waals surface area contributed by atoms with Crippen molar-refractivity contribution in [2.45, 2.75) is 38.5 Å². The molecule has 6 heteroatoms. The molecule has 3 aromatic rings. The molecule has 1 N–H and O–H groups in total. The van der Waals surface area contributed by atoms with Gasteiger partial charge in [0.15, 0.2) is 5.13 Å². The summed E-state index contributed by atoms with van der Waals surface area (Å²) >= 11 is 1.56. The SMILES string of the molecule is CC(=O)Nc1nc2c(s1)-c1c(c(C3CC3)nn1-c1ccccc1)CC2. The van der Waals surface area contributed by atoms with Crippen LogP contribution in [0.3, 0.4) is 0 Å². The number of anilines is 1. The summed E-state index contributed by atoms with van der Waals surface area (Å²) in [6, 6.07) is 10.3. The van der Waals surface area contributed by atoms with Crippen LogP contribution in [0.5, 0.6) is 0 Å². The summed E-state index contributed by atoms with van der Waals surface area (Å²) in [7, 11) is 0. The molecule has 0 atom stereocenters. The van der Waals surface area contributed by atoms with Gasteiger partial charge in [0.05, 0.1) is 27.6 Å². The van der Waals surface area contributed by atoms with Gasteiger partial charge in [-0.05, 0) is 37.8 Å². The minimum atomic E-state index is -0.0819. The highest BCUT2D eigenvalue weighted by molar-refractivity contribution is 7.19. The molecule has 126 valence electrons. The summed E-state index contributed by atoms with van der Waals surface area (Å²) in [5.74, 6) is 0.532. The van der Waals surface area contributed by atoms with Crippen LogP contribution in [0.4, 0.5) is 5.13 Å². The third-order valence-corrected chi connectivity index (χ3v) is 5.81. The number of nitrogens with one attached hydrogen (secondary N) is 1. The summed E-state index contributed by atoms with van der Waals surface area (Å²) in [5, 5.41) is 8.51. The number of thiazole rings is 1. The second-order valence-electron chi connectivity index (χ2n) is 6.71. The number of hydrogen-bond acceptors (Lipinski definition) is 4. The first-order chi connectivity index (χ1) is 12.2. The van der Waals surface area contributed by atoms with Crippen LogP contribution < -0.4 is 5.32 Å². The lowest BCUT2D eigenvalue weighted by molar-refractivity contribution is -0.114. The van der Waals surface area contributed by atoms with E-state index in [1.807, 2.05) is 18.2 Å². The third-order valence-electron chi connectivity index (χ3n) is 4.79. The molecular weight excluding hydrogens is 332 g/mol. The quantitative estimate of drug-likeness (QED) is 0.778. The van der Waals surface area contributed by atoms with Crippen LogP contribution in [0, 0.1) is 0 Å². The van der Waals surface area contributed by atoms with Crippen molar-refractivity contribution in [1.29, 1.82) is 0 Å². The number of aryl methyl sites for hydroxylation is 1. The van der Waals surface area contributed by atoms with Gasteiger partial charge in [-0.25, -0.2) is 9.67 Å². The highest BCUT2D eigenvalue weighted by Gasteiger charge is 2.35. The fourth-order valence-corrected chi connectivity index (χ4v) is 4.66. The molecule has 5 rings (SSSR count). The molecule has 25 heavy (non-hydrogen) atoms. The van der Waals surface area contributed by atoms with Crippen LogP contribution in [-0.4, -0.2) is 20.7 Å². The molecule has 2 aliphatic carbocycles. The average Bonchev–Trinajstić information content (AvgIpc) is 3.25. The number of benzene rings is 1. The molecule has 0 aliphatic heterocycles. The van der Waals surface area contributed by atoms with Crippen molar-refractivity contribution >= 4 is 22.4 Å². The molecule has 0 saturated heterocycles. The number of amides is 1. The zero-order valence-corrected chi connectivity index (χ0v) is 14.8. The van der Waals surface area contributed by atoms with Crippen LogP contribution in [-0.2, 0) is 17.6 Å². The Bertz CT molecular complexity index is 969. The van der Waals surface area contributed by atoms with Gasteiger partial charge >= 0.3 is 0 Å². The van der Waals surface area contributed by atoms with E-state index in [4.69, 9.17) is 5.10 Å². The van der Waals surface area contributed by atoms with E-state index in [1.54, 1.807) is 11.3 Å². The van der Waals surface area contributed by atoms with E-state index >= 15 is 0 Å². The fraction of sp³-hybridized carbons (Fsp3) is 0.316. The van der Waals surface area contributed by atoms with E-state index in [0.717, 1.165) is 29.1 Å². The van der Waals surface area contributed by atoms with Gasteiger partial charge in [-0.15, -0.1) is 0 Å². The molecule has 0 spiro atoms. The zero-order valence-electron chi connectivity index (χ0n) is 14.0. The predicted molar refractivity (Wildman–Crippen MR) is 98.4 cm³/mol. The first-order valence-electron chi connectivity index (χ1n) is 8.65. The van der Waals surface area contributed by atoms with Crippen LogP contribution in [0.15, 0.2) is 30.3 Å². The highest BCUT2D eigenvalue weighted by atomic mass is 32.1. The number of rotatable bonds is 3. The maximum Gasteiger partial charge on any atom is 0.223 e. The summed E-state index contributed by atoms with van der Waals surface area (Å²) in [4.78, 5) is 17.2. The first kappa shape index (κ1) is 14.8. The second kappa shape index (κ2) is 5.52. The second-order valence-corrected chi connectivity index (χ2v) is 7.71. The largest absolute Gasteiger partial charge is 0.302 e. The van der Waals surface area contributed by atoms with Gasteiger partial charge in [-0.2, -0.15) is 5.10 Å². The molecule has 0 unspecified atom stereocenters. The Morgan fingerprint density at radius 2 is 2.04 bits per heavy atom. The normalized spacial score (nSPS) is 15.6. The summed E-state index contributed by atoms with van der Waals surface area (Å²) in [6.07, 6.45) is 4.37. The van der Waals surface area contributed by atoms with E-state index in [9.17, 15) is 4.79 Å². The summed E-state index contributed by atoms with van der Waals surface area (Å²) in [5.41, 5.74) is 5.95. The Labute approximate surface area is 149 Å². The van der Waals surface area contributed by atoms with Crippen LogP contribution in [0.2, 0.25) is 0 Å². The van der Waals surface area contributed by atoms with E-state index in [-0.39, 0.29) is 5.91 Å². The van der Waals surface area contributed by atoms with Crippen molar-refractivity contribution in [3.05, 3.63) is 47.3 Å². The summed E-state index contributed by atoms with van der Waals surface area (Å²) in [6.45, 7) is 1.52. The van der Waals surface area contributed by atoms with E-state index in [1.165, 1.54) is 36.7 Å². The Kier molecular flexibility index (Phi) is 3.28. The third kappa shape index (κ3) is 2.48. The Morgan fingerprint density at radius 3 is 2.76 bits per heavy atom. The number of carbonyl (C=O) groups is 1. The van der Waals surface area contributed by atoms with Crippen LogP contribution in [0.25, 0.3) is 16.3 Å². The van der Waals surface area contributed by atoms with Gasteiger partial charge < -0.3 is 5.32 Å². The minimum Gasteiger partial charge on any atom is -0.302 e. The number of aromatic nitrogens is 3. The molecule has 2 aromatic heterocycles. The lowest BCUT2D eigenvalue weighted by Gasteiger charge is -2.14. The van der Waals surface area contributed by atoms with Gasteiger partial charge in [-0.1, -0.05) is 29.5 Å². The lowest BCUT2D eigenvalue weighted by Crippen LogP contribution is -2.07. The van der Waals surface area contributed by atoms with Gasteiger partial charge in [0.1, 0.15) is 0 Å². The zero-order chi connectivity index (χ0) is 17.0. The molecule has 2 aliphatic rings. The number of para-hydroxylation sites is 1. The Hall–Kier alpha value is -2.47. The van der Waals surface area contributed by atoms with Crippen LogP contribution >= 0.6 is 11.3 Å². The molecule has 0 bridgehead atoms. The van der Waals surface area contributed by atoms with Crippen LogP contribution in [0.1, 0.15) is 42.6 Å². The van der Waals surface area contributed by atoms with Crippen molar-refractivity contribution in [3.8, 4) is 16.3 Å². The maximum atomic E-state index is 11.4. The first-order valence-corrected chi connectivity index (χ1v) is 9.47. The van der Waals surface area contributed by atoms with Gasteiger partial charge in [0.2, 0.25) is 5.91 Å². The molecule has 1 amide bonds. The minimum absolute atomic E-state index is 0.0819. The predicted octanol–water partition coefficient (Wildman–Crippen LogP) is 3.93. The van der Waals surface area contributed by atoms with Crippen molar-refractivity contribution in [2.24, 2.45) is 0 Å². The molecule has 5 nitrogen and oxygen atoms in total.